The lowest BCUT2D eigenvalue weighted by Crippen LogP contribution is -2.47. The SMILES string of the molecule is COc1ccc(OC)c(N([C@H](C)C(=O)N(C)C)S(C)(=O)=O)c1. The van der Waals surface area contributed by atoms with E-state index in [1.807, 2.05) is 0 Å². The highest BCUT2D eigenvalue weighted by Gasteiger charge is 2.32. The van der Waals surface area contributed by atoms with Gasteiger partial charge < -0.3 is 14.4 Å². The molecule has 124 valence electrons. The number of carbonyl (C=O) groups excluding carboxylic acids is 1. The van der Waals surface area contributed by atoms with E-state index in [1.54, 1.807) is 26.2 Å². The first-order chi connectivity index (χ1) is 10.1. The third-order valence-corrected chi connectivity index (χ3v) is 4.36. The molecule has 7 nitrogen and oxygen atoms in total. The van der Waals surface area contributed by atoms with E-state index in [1.165, 1.54) is 32.1 Å². The molecular weight excluding hydrogens is 308 g/mol. The molecule has 22 heavy (non-hydrogen) atoms. The molecule has 1 rings (SSSR count). The number of ether oxygens (including phenoxy) is 2. The lowest BCUT2D eigenvalue weighted by molar-refractivity contribution is -0.129. The molecule has 0 bridgehead atoms. The Bertz CT molecular complexity index is 643. The molecule has 8 heteroatoms. The summed E-state index contributed by atoms with van der Waals surface area (Å²) in [6.07, 6.45) is 1.05. The minimum absolute atomic E-state index is 0.257. The number of hydrogen-bond donors (Lipinski definition) is 0. The molecule has 0 aliphatic rings. The molecule has 1 aromatic rings. The molecule has 0 heterocycles. The molecule has 1 amide bonds. The van der Waals surface area contributed by atoms with Crippen LogP contribution in [0, 0.1) is 0 Å². The Hall–Kier alpha value is -1.96. The van der Waals surface area contributed by atoms with Gasteiger partial charge in [0.2, 0.25) is 15.9 Å². The molecule has 0 radical (unpaired) electrons. The topological polar surface area (TPSA) is 76.2 Å². The van der Waals surface area contributed by atoms with Crippen LogP contribution in [0.2, 0.25) is 0 Å². The number of benzene rings is 1. The van der Waals surface area contributed by atoms with E-state index in [2.05, 4.69) is 0 Å². The minimum Gasteiger partial charge on any atom is -0.497 e. The van der Waals surface area contributed by atoms with Crippen LogP contribution in [0.15, 0.2) is 18.2 Å². The Balaban J connectivity index is 3.50. The number of nitrogens with zero attached hydrogens (tertiary/aromatic N) is 2. The van der Waals surface area contributed by atoms with Crippen LogP contribution in [0.5, 0.6) is 11.5 Å². The quantitative estimate of drug-likeness (QED) is 0.776. The Morgan fingerprint density at radius 3 is 2.18 bits per heavy atom. The van der Waals surface area contributed by atoms with E-state index in [-0.39, 0.29) is 11.6 Å². The van der Waals surface area contributed by atoms with Crippen LogP contribution >= 0.6 is 0 Å². The number of hydrogen-bond acceptors (Lipinski definition) is 5. The number of sulfonamides is 1. The van der Waals surface area contributed by atoms with Crippen LogP contribution in [0.4, 0.5) is 5.69 Å². The zero-order valence-electron chi connectivity index (χ0n) is 13.7. The third kappa shape index (κ3) is 3.82. The fourth-order valence-corrected chi connectivity index (χ4v) is 3.28. The average molecular weight is 330 g/mol. The summed E-state index contributed by atoms with van der Waals surface area (Å²) in [4.78, 5) is 13.5. The molecule has 0 saturated heterocycles. The standard InChI is InChI=1S/C14H22N2O5S/c1-10(14(17)15(2)3)16(22(6,18)19)12-9-11(20-4)7-8-13(12)21-5/h7-10H,1-6H3/t10-/m1/s1. The number of methoxy groups -OCH3 is 2. The van der Waals surface area contributed by atoms with Gasteiger partial charge in [0.25, 0.3) is 0 Å². The van der Waals surface area contributed by atoms with E-state index < -0.39 is 16.1 Å². The predicted molar refractivity (Wildman–Crippen MR) is 85.0 cm³/mol. The fourth-order valence-electron chi connectivity index (χ4n) is 2.12. The van der Waals surface area contributed by atoms with Crippen molar-refractivity contribution in [3.63, 3.8) is 0 Å². The van der Waals surface area contributed by atoms with E-state index in [4.69, 9.17) is 9.47 Å². The highest BCUT2D eigenvalue weighted by Crippen LogP contribution is 2.35. The maximum atomic E-state index is 12.2. The molecule has 0 aliphatic carbocycles. The molecule has 0 saturated carbocycles. The van der Waals surface area contributed by atoms with Gasteiger partial charge in [0.05, 0.1) is 26.2 Å². The minimum atomic E-state index is -3.70. The van der Waals surface area contributed by atoms with Crippen molar-refractivity contribution in [2.45, 2.75) is 13.0 Å². The van der Waals surface area contributed by atoms with Gasteiger partial charge in [-0.3, -0.25) is 9.10 Å². The Labute approximate surface area is 131 Å². The number of anilines is 1. The van der Waals surface area contributed by atoms with Crippen LogP contribution in [0.3, 0.4) is 0 Å². The van der Waals surface area contributed by atoms with Crippen molar-refractivity contribution < 1.29 is 22.7 Å². The Morgan fingerprint density at radius 1 is 1.18 bits per heavy atom. The van der Waals surface area contributed by atoms with Crippen LogP contribution < -0.4 is 13.8 Å². The fraction of sp³-hybridized carbons (Fsp3) is 0.500. The number of likely N-dealkylation sites (N-methyl/N-ethyl adjacent to an activating group) is 1. The molecule has 1 atom stereocenters. The van der Waals surface area contributed by atoms with Gasteiger partial charge in [-0.2, -0.15) is 0 Å². The van der Waals surface area contributed by atoms with Crippen LogP contribution in [0.1, 0.15) is 6.92 Å². The van der Waals surface area contributed by atoms with Crippen molar-refractivity contribution in [1.29, 1.82) is 0 Å². The second-order valence-corrected chi connectivity index (χ2v) is 6.86. The molecule has 0 fully saturated rings. The average Bonchev–Trinajstić information content (AvgIpc) is 2.44. The smallest absolute Gasteiger partial charge is 0.245 e. The van der Waals surface area contributed by atoms with Crippen molar-refractivity contribution >= 4 is 21.6 Å². The van der Waals surface area contributed by atoms with Gasteiger partial charge in [-0.25, -0.2) is 8.42 Å². The summed E-state index contributed by atoms with van der Waals surface area (Å²) in [6, 6.07) is 3.87. The first-order valence-electron chi connectivity index (χ1n) is 6.56. The van der Waals surface area contributed by atoms with E-state index in [0.717, 1.165) is 10.6 Å². The third-order valence-electron chi connectivity index (χ3n) is 3.13. The van der Waals surface area contributed by atoms with Gasteiger partial charge in [-0.15, -0.1) is 0 Å². The Kier molecular flexibility index (Phi) is 5.65. The van der Waals surface area contributed by atoms with E-state index >= 15 is 0 Å². The maximum absolute atomic E-state index is 12.2. The zero-order valence-corrected chi connectivity index (χ0v) is 14.5. The van der Waals surface area contributed by atoms with Crippen molar-refractivity contribution in [2.75, 3.05) is 38.9 Å². The van der Waals surface area contributed by atoms with Crippen LogP contribution in [0.25, 0.3) is 0 Å². The molecule has 0 N–H and O–H groups in total. The molecule has 0 unspecified atom stereocenters. The van der Waals surface area contributed by atoms with Crippen molar-refractivity contribution in [3.05, 3.63) is 18.2 Å². The molecule has 0 aromatic heterocycles. The molecule has 0 spiro atoms. The summed E-state index contributed by atoms with van der Waals surface area (Å²) in [6.45, 7) is 1.53. The second-order valence-electron chi connectivity index (χ2n) is 5.01. The summed E-state index contributed by atoms with van der Waals surface area (Å²) in [7, 11) is 2.35. The van der Waals surface area contributed by atoms with Crippen molar-refractivity contribution in [2.24, 2.45) is 0 Å². The van der Waals surface area contributed by atoms with Gasteiger partial charge in [0, 0.05) is 20.2 Å². The van der Waals surface area contributed by atoms with Crippen LogP contribution in [-0.2, 0) is 14.8 Å². The normalized spacial score (nSPS) is 12.5. The van der Waals surface area contributed by atoms with Crippen molar-refractivity contribution in [1.82, 2.24) is 4.90 Å². The summed E-state index contributed by atoms with van der Waals surface area (Å²) >= 11 is 0. The predicted octanol–water partition coefficient (Wildman–Crippen LogP) is 0.947. The first kappa shape index (κ1) is 18.1. The first-order valence-corrected chi connectivity index (χ1v) is 8.41. The van der Waals surface area contributed by atoms with Gasteiger partial charge >= 0.3 is 0 Å². The lowest BCUT2D eigenvalue weighted by atomic mass is 10.2. The zero-order chi connectivity index (χ0) is 17.1. The summed E-state index contributed by atoms with van der Waals surface area (Å²) in [5, 5.41) is 0. The number of carbonyl (C=O) groups is 1. The monoisotopic (exact) mass is 330 g/mol. The van der Waals surface area contributed by atoms with E-state index in [0.29, 0.717) is 11.5 Å². The van der Waals surface area contributed by atoms with Crippen molar-refractivity contribution in [3.8, 4) is 11.5 Å². The van der Waals surface area contributed by atoms with Crippen LogP contribution in [-0.4, -0.2) is 59.8 Å². The highest BCUT2D eigenvalue weighted by atomic mass is 32.2. The number of amides is 1. The summed E-state index contributed by atoms with van der Waals surface area (Å²) < 4.78 is 35.8. The summed E-state index contributed by atoms with van der Waals surface area (Å²) in [5.41, 5.74) is 0.257. The van der Waals surface area contributed by atoms with Gasteiger partial charge in [-0.05, 0) is 19.1 Å². The van der Waals surface area contributed by atoms with Gasteiger partial charge in [0.1, 0.15) is 17.5 Å². The Morgan fingerprint density at radius 2 is 1.77 bits per heavy atom. The van der Waals surface area contributed by atoms with E-state index in [9.17, 15) is 13.2 Å². The van der Waals surface area contributed by atoms with Gasteiger partial charge in [-0.1, -0.05) is 0 Å². The highest BCUT2D eigenvalue weighted by molar-refractivity contribution is 7.92. The lowest BCUT2D eigenvalue weighted by Gasteiger charge is -2.31. The molecule has 0 aliphatic heterocycles. The molecule has 1 aromatic carbocycles. The number of rotatable bonds is 6. The maximum Gasteiger partial charge on any atom is 0.245 e. The van der Waals surface area contributed by atoms with Gasteiger partial charge in [0.15, 0.2) is 0 Å². The largest absolute Gasteiger partial charge is 0.497 e. The second kappa shape index (κ2) is 6.87. The molecular formula is C14H22N2O5S. The summed E-state index contributed by atoms with van der Waals surface area (Å²) in [5.74, 6) is 0.467.